The van der Waals surface area contributed by atoms with E-state index in [4.69, 9.17) is 0 Å². The minimum atomic E-state index is 0.699. The summed E-state index contributed by atoms with van der Waals surface area (Å²) in [6.45, 7) is 20.2. The van der Waals surface area contributed by atoms with E-state index < -0.39 is 0 Å². The van der Waals surface area contributed by atoms with E-state index >= 15 is 0 Å². The van der Waals surface area contributed by atoms with Crippen molar-refractivity contribution in [3.63, 3.8) is 0 Å². The maximum absolute atomic E-state index is 3.63. The Bertz CT molecular complexity index is 46.0. The molecule has 0 saturated carbocycles. The van der Waals surface area contributed by atoms with Gasteiger partial charge in [-0.15, -0.1) is 6.58 Å². The van der Waals surface area contributed by atoms with Crippen LogP contribution >= 0.6 is 0 Å². The van der Waals surface area contributed by atoms with E-state index in [-0.39, 0.29) is 0 Å². The van der Waals surface area contributed by atoms with Gasteiger partial charge in [0.25, 0.3) is 0 Å². The topological polar surface area (TPSA) is 0 Å². The van der Waals surface area contributed by atoms with Crippen molar-refractivity contribution in [2.24, 2.45) is 5.92 Å². The molecule has 0 amide bonds. The highest BCUT2D eigenvalue weighted by Gasteiger charge is 1.84. The quantitative estimate of drug-likeness (QED) is 0.488. The van der Waals surface area contributed by atoms with Gasteiger partial charge in [-0.05, 0) is 5.92 Å². The van der Waals surface area contributed by atoms with Crippen LogP contribution in [0.15, 0.2) is 12.7 Å². The molecule has 0 spiro atoms. The van der Waals surface area contributed by atoms with Crippen molar-refractivity contribution in [1.29, 1.82) is 0 Å². The van der Waals surface area contributed by atoms with E-state index in [0.29, 0.717) is 5.92 Å². The van der Waals surface area contributed by atoms with E-state index in [1.807, 2.05) is 33.8 Å². The second-order valence-electron chi connectivity index (χ2n) is 2.33. The van der Waals surface area contributed by atoms with Crippen molar-refractivity contribution in [2.45, 2.75) is 68.2 Å². The standard InChI is InChI=1S/C6H12.C3H8.2C2H6/c1-4-6(3)5-2;1-3-2;2*1-2/h4,6H,1,5H2,2-3H3;3H2,1-2H3;2*1-2H3. The van der Waals surface area contributed by atoms with Gasteiger partial charge in [0.05, 0.1) is 0 Å². The van der Waals surface area contributed by atoms with Gasteiger partial charge in [0.15, 0.2) is 0 Å². The summed E-state index contributed by atoms with van der Waals surface area (Å²) < 4.78 is 0. The van der Waals surface area contributed by atoms with Gasteiger partial charge in [-0.2, -0.15) is 0 Å². The lowest BCUT2D eigenvalue weighted by molar-refractivity contribution is 0.700. The molecule has 0 aromatic carbocycles. The molecule has 0 heterocycles. The molecule has 0 N–H and O–H groups in total. The first kappa shape index (κ1) is 23.0. The molecule has 84 valence electrons. The zero-order valence-electron chi connectivity index (χ0n) is 11.3. The average molecular weight is 188 g/mol. The van der Waals surface area contributed by atoms with Crippen molar-refractivity contribution in [3.05, 3.63) is 12.7 Å². The second kappa shape index (κ2) is 41.1. The molecule has 1 atom stereocenters. The van der Waals surface area contributed by atoms with Crippen LogP contribution in [0.25, 0.3) is 0 Å². The third-order valence-electron chi connectivity index (χ3n) is 1.05. The van der Waals surface area contributed by atoms with Crippen molar-refractivity contribution in [3.8, 4) is 0 Å². The highest BCUT2D eigenvalue weighted by atomic mass is 13.9. The number of rotatable bonds is 2. The second-order valence-corrected chi connectivity index (χ2v) is 2.33. The zero-order chi connectivity index (χ0) is 11.7. The van der Waals surface area contributed by atoms with Gasteiger partial charge in [0, 0.05) is 0 Å². The Morgan fingerprint density at radius 3 is 1.23 bits per heavy atom. The predicted molar refractivity (Wildman–Crippen MR) is 68.3 cm³/mol. The van der Waals surface area contributed by atoms with Crippen LogP contribution < -0.4 is 0 Å². The molecule has 1 unspecified atom stereocenters. The third kappa shape index (κ3) is 79.6. The summed E-state index contributed by atoms with van der Waals surface area (Å²) in [7, 11) is 0. The van der Waals surface area contributed by atoms with Crippen LogP contribution in [0, 0.1) is 5.92 Å². The monoisotopic (exact) mass is 188 g/mol. The molecule has 0 bridgehead atoms. The molecule has 0 nitrogen and oxygen atoms in total. The maximum atomic E-state index is 3.63. The summed E-state index contributed by atoms with van der Waals surface area (Å²) in [5.41, 5.74) is 0. The van der Waals surface area contributed by atoms with Gasteiger partial charge in [-0.25, -0.2) is 0 Å². The van der Waals surface area contributed by atoms with Crippen LogP contribution in [0.5, 0.6) is 0 Å². The summed E-state index contributed by atoms with van der Waals surface area (Å²) in [6, 6.07) is 0. The van der Waals surface area contributed by atoms with Gasteiger partial charge >= 0.3 is 0 Å². The number of allylic oxidation sites excluding steroid dienone is 1. The predicted octanol–water partition coefficient (Wildman–Crippen LogP) is 5.69. The Balaban J connectivity index is -0.0000000493. The Morgan fingerprint density at radius 2 is 1.23 bits per heavy atom. The average Bonchev–Trinajstić information content (AvgIpc) is 2.24. The fourth-order valence-corrected chi connectivity index (χ4v) is 0.167. The highest BCUT2D eigenvalue weighted by molar-refractivity contribution is 4.72. The molecule has 0 aromatic rings. The Hall–Kier alpha value is -0.260. The van der Waals surface area contributed by atoms with Gasteiger partial charge in [0.2, 0.25) is 0 Å². The molecule has 0 radical (unpaired) electrons. The van der Waals surface area contributed by atoms with Crippen molar-refractivity contribution in [2.75, 3.05) is 0 Å². The van der Waals surface area contributed by atoms with Crippen LogP contribution in [0.3, 0.4) is 0 Å². The molecule has 0 heteroatoms. The summed E-state index contributed by atoms with van der Waals surface area (Å²) in [4.78, 5) is 0. The molecule has 0 rings (SSSR count). The van der Waals surface area contributed by atoms with Gasteiger partial charge in [-0.3, -0.25) is 0 Å². The molecule has 0 aliphatic rings. The summed E-state index contributed by atoms with van der Waals surface area (Å²) in [6.07, 6.45) is 4.43. The van der Waals surface area contributed by atoms with E-state index in [1.165, 1.54) is 12.8 Å². The first-order valence-electron chi connectivity index (χ1n) is 5.85. The van der Waals surface area contributed by atoms with E-state index in [9.17, 15) is 0 Å². The van der Waals surface area contributed by atoms with E-state index in [2.05, 4.69) is 34.3 Å². The fourth-order valence-electron chi connectivity index (χ4n) is 0.167. The van der Waals surface area contributed by atoms with E-state index in [1.54, 1.807) is 0 Å². The molecule has 13 heavy (non-hydrogen) atoms. The van der Waals surface area contributed by atoms with Crippen LogP contribution in [0.4, 0.5) is 0 Å². The summed E-state index contributed by atoms with van der Waals surface area (Å²) in [5.74, 6) is 0.699. The minimum absolute atomic E-state index is 0.699. The number of hydrogen-bond donors (Lipinski definition) is 0. The first-order valence-corrected chi connectivity index (χ1v) is 5.85. The smallest absolute Gasteiger partial charge is 0.0267 e. The van der Waals surface area contributed by atoms with Gasteiger partial charge < -0.3 is 0 Å². The normalized spacial score (nSPS) is 8.62. The molecule has 0 aromatic heterocycles. The third-order valence-corrected chi connectivity index (χ3v) is 1.05. The summed E-state index contributed by atoms with van der Waals surface area (Å²) >= 11 is 0. The molecule has 0 aliphatic carbocycles. The Kier molecular flexibility index (Phi) is 72.7. The summed E-state index contributed by atoms with van der Waals surface area (Å²) in [5, 5.41) is 0. The zero-order valence-corrected chi connectivity index (χ0v) is 11.3. The fraction of sp³-hybridized carbons (Fsp3) is 0.846. The van der Waals surface area contributed by atoms with Crippen LogP contribution in [-0.4, -0.2) is 0 Å². The SMILES string of the molecule is C=CC(C)CC.CC.CC.CCC. The van der Waals surface area contributed by atoms with Crippen molar-refractivity contribution >= 4 is 0 Å². The largest absolute Gasteiger partial charge is 0.103 e. The lowest BCUT2D eigenvalue weighted by Crippen LogP contribution is -1.80. The maximum Gasteiger partial charge on any atom is -0.0267 e. The minimum Gasteiger partial charge on any atom is -0.103 e. The lowest BCUT2D eigenvalue weighted by Gasteiger charge is -1.93. The van der Waals surface area contributed by atoms with Crippen molar-refractivity contribution < 1.29 is 0 Å². The molecular weight excluding hydrogens is 156 g/mol. The van der Waals surface area contributed by atoms with E-state index in [0.717, 1.165) is 0 Å². The van der Waals surface area contributed by atoms with Crippen LogP contribution in [0.2, 0.25) is 0 Å². The molecule has 0 aliphatic heterocycles. The Labute approximate surface area is 87.4 Å². The van der Waals surface area contributed by atoms with Crippen LogP contribution in [-0.2, 0) is 0 Å². The number of hydrogen-bond acceptors (Lipinski definition) is 0. The van der Waals surface area contributed by atoms with Gasteiger partial charge in [0.1, 0.15) is 0 Å². The van der Waals surface area contributed by atoms with Crippen LogP contribution in [0.1, 0.15) is 68.2 Å². The molecule has 0 saturated heterocycles. The lowest BCUT2D eigenvalue weighted by atomic mass is 10.1. The molecule has 0 fully saturated rings. The molecular formula is C13H32. The Morgan fingerprint density at radius 1 is 1.00 bits per heavy atom. The van der Waals surface area contributed by atoms with Crippen molar-refractivity contribution in [1.82, 2.24) is 0 Å². The van der Waals surface area contributed by atoms with Gasteiger partial charge in [-0.1, -0.05) is 74.3 Å². The first-order chi connectivity index (χ1) is 6.22. The highest BCUT2D eigenvalue weighted by Crippen LogP contribution is 1.98.